The Bertz CT molecular complexity index is 461. The highest BCUT2D eigenvalue weighted by atomic mass is 35.5. The topological polar surface area (TPSA) is 72.6 Å². The summed E-state index contributed by atoms with van der Waals surface area (Å²) in [7, 11) is 0. The van der Waals surface area contributed by atoms with Gasteiger partial charge in [-0.25, -0.2) is 0 Å². The number of hydrogen-bond donors (Lipinski definition) is 1. The van der Waals surface area contributed by atoms with Crippen LogP contribution >= 0.6 is 11.6 Å². The van der Waals surface area contributed by atoms with Crippen LogP contribution in [0.15, 0.2) is 6.07 Å². The smallest absolute Gasteiger partial charge is 0.311 e. The summed E-state index contributed by atoms with van der Waals surface area (Å²) in [4.78, 5) is 10.3. The second-order valence-corrected chi connectivity index (χ2v) is 4.10. The van der Waals surface area contributed by atoms with Crippen LogP contribution in [0.2, 0.25) is 5.02 Å². The Hall–Kier alpha value is -1.33. The van der Waals surface area contributed by atoms with E-state index >= 15 is 0 Å². The van der Waals surface area contributed by atoms with Crippen LogP contribution in [0.3, 0.4) is 0 Å². The fourth-order valence-electron chi connectivity index (χ4n) is 1.81. The fraction of sp³-hybridized carbons (Fsp3) is 0.400. The highest BCUT2D eigenvalue weighted by Crippen LogP contribution is 2.43. The van der Waals surface area contributed by atoms with E-state index < -0.39 is 11.0 Å². The summed E-state index contributed by atoms with van der Waals surface area (Å²) in [6, 6.07) is 1.39. The lowest BCUT2D eigenvalue weighted by Gasteiger charge is -2.06. The average molecular weight is 244 g/mol. The number of nitrogens with zero attached hydrogens (tertiary/aromatic N) is 1. The van der Waals surface area contributed by atoms with Gasteiger partial charge in [0.15, 0.2) is 0 Å². The molecule has 6 heteroatoms. The van der Waals surface area contributed by atoms with Gasteiger partial charge in [0.1, 0.15) is 6.10 Å². The predicted octanol–water partition coefficient (Wildman–Crippen LogP) is 1.85. The minimum Gasteiger partial charge on any atom is -0.480 e. The lowest BCUT2D eigenvalue weighted by molar-refractivity contribution is -0.385. The summed E-state index contributed by atoms with van der Waals surface area (Å²) in [6.07, 6.45) is -0.0271. The van der Waals surface area contributed by atoms with Crippen molar-refractivity contribution in [1.29, 1.82) is 0 Å². The molecule has 2 rings (SSSR count). The molecule has 1 unspecified atom stereocenters. The molecule has 0 bridgehead atoms. The molecule has 1 atom stereocenters. The molecule has 0 amide bonds. The van der Waals surface area contributed by atoms with Gasteiger partial charge in [0.05, 0.1) is 16.6 Å². The third-order valence-electron chi connectivity index (χ3n) is 2.59. The molecule has 1 heterocycles. The zero-order chi connectivity index (χ0) is 11.9. The van der Waals surface area contributed by atoms with Crippen LogP contribution in [0, 0.1) is 17.0 Å². The third kappa shape index (κ3) is 1.62. The standard InChI is InChI=1S/C10H10ClNO4/c1-5-2-8(12(14)15)10-7(9(5)11)3-6(4-13)16-10/h2,6,13H,3-4H2,1H3. The Kier molecular flexibility index (Phi) is 2.73. The largest absolute Gasteiger partial charge is 0.480 e. The van der Waals surface area contributed by atoms with Gasteiger partial charge in [-0.2, -0.15) is 0 Å². The van der Waals surface area contributed by atoms with Crippen LogP contribution in [0.1, 0.15) is 11.1 Å². The van der Waals surface area contributed by atoms with Crippen molar-refractivity contribution < 1.29 is 14.8 Å². The predicted molar refractivity (Wildman–Crippen MR) is 58.0 cm³/mol. The molecule has 0 radical (unpaired) electrons. The molecule has 0 fully saturated rings. The number of rotatable bonds is 2. The number of aliphatic hydroxyl groups is 1. The van der Waals surface area contributed by atoms with E-state index in [-0.39, 0.29) is 18.0 Å². The molecule has 1 aliphatic heterocycles. The van der Waals surface area contributed by atoms with Crippen LogP contribution in [-0.4, -0.2) is 22.7 Å². The van der Waals surface area contributed by atoms with Crippen molar-refractivity contribution >= 4 is 17.3 Å². The van der Waals surface area contributed by atoms with E-state index in [4.69, 9.17) is 21.4 Å². The third-order valence-corrected chi connectivity index (χ3v) is 3.11. The average Bonchev–Trinajstić information content (AvgIpc) is 2.67. The van der Waals surface area contributed by atoms with Gasteiger partial charge in [-0.1, -0.05) is 11.6 Å². The molecule has 1 aliphatic rings. The number of halogens is 1. The maximum atomic E-state index is 10.8. The van der Waals surface area contributed by atoms with Crippen molar-refractivity contribution in [2.45, 2.75) is 19.4 Å². The van der Waals surface area contributed by atoms with Crippen molar-refractivity contribution in [1.82, 2.24) is 0 Å². The number of nitro groups is 1. The number of hydrogen-bond acceptors (Lipinski definition) is 4. The van der Waals surface area contributed by atoms with Crippen LogP contribution in [-0.2, 0) is 6.42 Å². The SMILES string of the molecule is Cc1cc([N+](=O)[O-])c2c(c1Cl)CC(CO)O2. The van der Waals surface area contributed by atoms with Gasteiger partial charge < -0.3 is 9.84 Å². The molecule has 1 aromatic carbocycles. The highest BCUT2D eigenvalue weighted by molar-refractivity contribution is 6.32. The Balaban J connectivity index is 2.58. The van der Waals surface area contributed by atoms with E-state index in [1.165, 1.54) is 6.07 Å². The van der Waals surface area contributed by atoms with E-state index in [0.717, 1.165) is 0 Å². The molecular weight excluding hydrogens is 234 g/mol. The van der Waals surface area contributed by atoms with Gasteiger partial charge in [0.2, 0.25) is 5.75 Å². The minimum absolute atomic E-state index is 0.0900. The van der Waals surface area contributed by atoms with Gasteiger partial charge in [0, 0.05) is 18.1 Å². The van der Waals surface area contributed by atoms with Crippen LogP contribution in [0.5, 0.6) is 5.75 Å². The first kappa shape index (κ1) is 11.2. The second-order valence-electron chi connectivity index (χ2n) is 3.72. The summed E-state index contributed by atoms with van der Waals surface area (Å²) < 4.78 is 5.31. The lowest BCUT2D eigenvalue weighted by Crippen LogP contribution is -2.17. The van der Waals surface area contributed by atoms with Crippen molar-refractivity contribution in [2.24, 2.45) is 0 Å². The van der Waals surface area contributed by atoms with Crippen molar-refractivity contribution in [3.05, 3.63) is 32.3 Å². The Labute approximate surface area is 96.7 Å². The molecule has 0 aliphatic carbocycles. The summed E-state index contributed by atoms with van der Waals surface area (Å²) in [6.45, 7) is 1.53. The Morgan fingerprint density at radius 2 is 2.44 bits per heavy atom. The zero-order valence-electron chi connectivity index (χ0n) is 8.57. The number of aryl methyl sites for hydroxylation is 1. The van der Waals surface area contributed by atoms with Crippen LogP contribution in [0.25, 0.3) is 0 Å². The van der Waals surface area contributed by atoms with Crippen molar-refractivity contribution in [3.63, 3.8) is 0 Å². The first-order chi connectivity index (χ1) is 7.54. The van der Waals surface area contributed by atoms with Crippen molar-refractivity contribution in [3.8, 4) is 5.75 Å². The summed E-state index contributed by atoms with van der Waals surface area (Å²) in [5.74, 6) is 0.194. The van der Waals surface area contributed by atoms with E-state index in [1.807, 2.05) is 0 Å². The molecular formula is C10H10ClNO4. The van der Waals surface area contributed by atoms with E-state index in [1.54, 1.807) is 6.92 Å². The van der Waals surface area contributed by atoms with E-state index in [0.29, 0.717) is 22.6 Å². The summed E-state index contributed by atoms with van der Waals surface area (Å²) >= 11 is 6.05. The zero-order valence-corrected chi connectivity index (χ0v) is 9.32. The number of benzene rings is 1. The molecule has 1 N–H and O–H groups in total. The van der Waals surface area contributed by atoms with Gasteiger partial charge in [0.25, 0.3) is 0 Å². The van der Waals surface area contributed by atoms with E-state index in [9.17, 15) is 10.1 Å². The lowest BCUT2D eigenvalue weighted by atomic mass is 10.1. The monoisotopic (exact) mass is 243 g/mol. The molecule has 0 spiro atoms. The van der Waals surface area contributed by atoms with E-state index in [2.05, 4.69) is 0 Å². The normalized spacial score (nSPS) is 18.1. The molecule has 16 heavy (non-hydrogen) atoms. The summed E-state index contributed by atoms with van der Waals surface area (Å²) in [5.41, 5.74) is 1.18. The number of fused-ring (bicyclic) bond motifs is 1. The molecule has 0 saturated heterocycles. The minimum atomic E-state index is -0.498. The number of nitro benzene ring substituents is 1. The number of ether oxygens (including phenoxy) is 1. The molecule has 5 nitrogen and oxygen atoms in total. The van der Waals surface area contributed by atoms with Crippen LogP contribution in [0.4, 0.5) is 5.69 Å². The first-order valence-electron chi connectivity index (χ1n) is 4.78. The fourth-order valence-corrected chi connectivity index (χ4v) is 2.03. The van der Waals surface area contributed by atoms with Crippen molar-refractivity contribution in [2.75, 3.05) is 6.61 Å². The highest BCUT2D eigenvalue weighted by Gasteiger charge is 2.32. The maximum Gasteiger partial charge on any atom is 0.311 e. The number of aliphatic hydroxyl groups excluding tert-OH is 1. The second kappa shape index (κ2) is 3.92. The molecule has 1 aromatic rings. The van der Waals surface area contributed by atoms with Gasteiger partial charge in [-0.05, 0) is 12.5 Å². The Morgan fingerprint density at radius 1 is 1.75 bits per heavy atom. The van der Waals surface area contributed by atoms with Gasteiger partial charge in [-0.3, -0.25) is 10.1 Å². The molecule has 0 saturated carbocycles. The summed E-state index contributed by atoms with van der Waals surface area (Å²) in [5, 5.41) is 20.3. The quantitative estimate of drug-likeness (QED) is 0.636. The Morgan fingerprint density at radius 3 is 3.00 bits per heavy atom. The van der Waals surface area contributed by atoms with Gasteiger partial charge >= 0.3 is 5.69 Å². The molecule has 0 aromatic heterocycles. The first-order valence-corrected chi connectivity index (χ1v) is 5.16. The van der Waals surface area contributed by atoms with Crippen LogP contribution < -0.4 is 4.74 Å². The van der Waals surface area contributed by atoms with Gasteiger partial charge in [-0.15, -0.1) is 0 Å². The maximum absolute atomic E-state index is 10.8. The molecule has 86 valence electrons.